The molecule has 0 aromatic heterocycles. The summed E-state index contributed by atoms with van der Waals surface area (Å²) in [6.07, 6.45) is 42.3. The van der Waals surface area contributed by atoms with E-state index >= 15 is 0 Å². The molecule has 0 saturated heterocycles. The van der Waals surface area contributed by atoms with Crippen molar-refractivity contribution in [2.45, 2.75) is 200 Å². The summed E-state index contributed by atoms with van der Waals surface area (Å²) < 4.78 is 39.0. The van der Waals surface area contributed by atoms with Crippen LogP contribution in [0.5, 0.6) is 0 Å². The van der Waals surface area contributed by atoms with Crippen LogP contribution in [0.1, 0.15) is 188 Å². The molecule has 0 aliphatic rings. The minimum atomic E-state index is -4.74. The van der Waals surface area contributed by atoms with Gasteiger partial charge in [0.2, 0.25) is 0 Å². The number of hydrogen-bond acceptors (Lipinski definition) is 10. The fourth-order valence-electron chi connectivity index (χ4n) is 5.88. The van der Waals surface area contributed by atoms with Gasteiger partial charge in [0, 0.05) is 19.3 Å². The van der Waals surface area contributed by atoms with E-state index in [1.807, 2.05) is 12.2 Å². The molecule has 3 unspecified atom stereocenters. The van der Waals surface area contributed by atoms with Gasteiger partial charge >= 0.3 is 25.7 Å². The highest BCUT2D eigenvalue weighted by molar-refractivity contribution is 7.47. The molecule has 0 rings (SSSR count). The molecule has 0 radical (unpaired) electrons. The van der Waals surface area contributed by atoms with E-state index in [-0.39, 0.29) is 25.9 Å². The maximum absolute atomic E-state index is 12.8. The lowest BCUT2D eigenvalue weighted by Crippen LogP contribution is -2.30. The molecule has 11 nitrogen and oxygen atoms in total. The van der Waals surface area contributed by atoms with Crippen molar-refractivity contribution in [2.75, 3.05) is 26.4 Å². The molecule has 0 bridgehead atoms. The number of carbonyl (C=O) groups is 3. The lowest BCUT2D eigenvalue weighted by Gasteiger charge is -2.21. The second-order valence-corrected chi connectivity index (χ2v) is 16.6. The molecule has 0 aromatic rings. The summed E-state index contributed by atoms with van der Waals surface area (Å²) in [7, 11) is -4.74. The Kier molecular flexibility index (Phi) is 40.8. The van der Waals surface area contributed by atoms with E-state index in [9.17, 15) is 28.9 Å². The summed E-state index contributed by atoms with van der Waals surface area (Å²) in [6, 6.07) is 0. The van der Waals surface area contributed by atoms with Gasteiger partial charge in [-0.3, -0.25) is 23.4 Å². The van der Waals surface area contributed by atoms with Crippen molar-refractivity contribution in [3.63, 3.8) is 0 Å². The van der Waals surface area contributed by atoms with Crippen molar-refractivity contribution in [2.24, 2.45) is 0 Å². The number of unbranched alkanes of at least 4 members (excludes halogenated alkanes) is 15. The molecule has 2 N–H and O–H groups in total. The number of phosphoric ester groups is 1. The van der Waals surface area contributed by atoms with Crippen LogP contribution in [0, 0.1) is 0 Å². The van der Waals surface area contributed by atoms with Gasteiger partial charge in [-0.05, 0) is 64.2 Å². The zero-order chi connectivity index (χ0) is 44.2. The Hall–Kier alpha value is -2.82. The average molecular weight is 867 g/mol. The van der Waals surface area contributed by atoms with Gasteiger partial charge in [0.15, 0.2) is 6.10 Å². The lowest BCUT2D eigenvalue weighted by atomic mass is 10.1. The van der Waals surface area contributed by atoms with E-state index in [1.165, 1.54) is 44.9 Å². The summed E-state index contributed by atoms with van der Waals surface area (Å²) in [5.41, 5.74) is 0. The second-order valence-electron chi connectivity index (χ2n) is 15.2. The third kappa shape index (κ3) is 40.6. The molecular weight excluding hydrogens is 783 g/mol. The van der Waals surface area contributed by atoms with Crippen LogP contribution >= 0.6 is 7.82 Å². The minimum Gasteiger partial charge on any atom is -0.462 e. The van der Waals surface area contributed by atoms with Crippen molar-refractivity contribution >= 4 is 25.7 Å². The first-order chi connectivity index (χ1) is 29.2. The van der Waals surface area contributed by atoms with Gasteiger partial charge in [-0.15, -0.1) is 0 Å². The Morgan fingerprint density at radius 2 is 0.917 bits per heavy atom. The van der Waals surface area contributed by atoms with Crippen LogP contribution in [0.4, 0.5) is 0 Å². The van der Waals surface area contributed by atoms with Gasteiger partial charge in [-0.2, -0.15) is 0 Å². The van der Waals surface area contributed by atoms with Crippen molar-refractivity contribution < 1.29 is 52.2 Å². The minimum absolute atomic E-state index is 0.103. The summed E-state index contributed by atoms with van der Waals surface area (Å²) in [5.74, 6) is -1.58. The maximum Gasteiger partial charge on any atom is 0.472 e. The quantitative estimate of drug-likeness (QED) is 0.0198. The van der Waals surface area contributed by atoms with Crippen LogP contribution in [-0.2, 0) is 42.2 Å². The van der Waals surface area contributed by atoms with Crippen LogP contribution in [-0.4, -0.2) is 66.5 Å². The Balaban J connectivity index is 4.87. The largest absolute Gasteiger partial charge is 0.472 e. The van der Waals surface area contributed by atoms with E-state index in [0.29, 0.717) is 19.3 Å². The molecule has 0 amide bonds. The maximum atomic E-state index is 12.8. The smallest absolute Gasteiger partial charge is 0.462 e. The van der Waals surface area contributed by atoms with E-state index < -0.39 is 57.8 Å². The lowest BCUT2D eigenvalue weighted by molar-refractivity contribution is -0.161. The topological polar surface area (TPSA) is 155 Å². The third-order valence-corrected chi connectivity index (χ3v) is 10.4. The summed E-state index contributed by atoms with van der Waals surface area (Å²) in [5, 5.41) is 9.70. The number of aliphatic hydroxyl groups is 1. The van der Waals surface area contributed by atoms with Crippen molar-refractivity contribution in [3.05, 3.63) is 60.8 Å². The fourth-order valence-corrected chi connectivity index (χ4v) is 6.66. The zero-order valence-electron chi connectivity index (χ0n) is 37.7. The Bertz CT molecular complexity index is 1240. The number of ether oxygens (including phenoxy) is 3. The highest BCUT2D eigenvalue weighted by Crippen LogP contribution is 2.43. The van der Waals surface area contributed by atoms with E-state index in [1.54, 1.807) is 0 Å². The van der Waals surface area contributed by atoms with Crippen molar-refractivity contribution in [1.29, 1.82) is 0 Å². The predicted molar refractivity (Wildman–Crippen MR) is 242 cm³/mol. The molecular formula is C48H83O11P. The van der Waals surface area contributed by atoms with Crippen LogP contribution in [0.15, 0.2) is 60.8 Å². The van der Waals surface area contributed by atoms with Gasteiger partial charge in [0.1, 0.15) is 12.7 Å². The average Bonchev–Trinajstić information content (AvgIpc) is 3.23. The third-order valence-electron chi connectivity index (χ3n) is 9.44. The normalized spacial score (nSPS) is 14.2. The predicted octanol–water partition coefficient (Wildman–Crippen LogP) is 12.5. The van der Waals surface area contributed by atoms with E-state index in [2.05, 4.69) is 69.4 Å². The van der Waals surface area contributed by atoms with Crippen LogP contribution in [0.25, 0.3) is 0 Å². The molecule has 0 spiro atoms. The summed E-state index contributed by atoms with van der Waals surface area (Å²) >= 11 is 0. The van der Waals surface area contributed by atoms with Gasteiger partial charge in [0.25, 0.3) is 0 Å². The number of aliphatic hydroxyl groups excluding tert-OH is 1. The number of hydrogen-bond donors (Lipinski definition) is 2. The zero-order valence-corrected chi connectivity index (χ0v) is 38.6. The van der Waals surface area contributed by atoms with Gasteiger partial charge in [0.05, 0.1) is 19.8 Å². The van der Waals surface area contributed by atoms with Gasteiger partial charge in [-0.25, -0.2) is 4.57 Å². The first-order valence-electron chi connectivity index (χ1n) is 23.2. The fraction of sp³-hybridized carbons (Fsp3) is 0.729. The number of rotatable bonds is 42. The monoisotopic (exact) mass is 867 g/mol. The molecule has 346 valence electrons. The molecule has 0 saturated carbocycles. The van der Waals surface area contributed by atoms with Gasteiger partial charge < -0.3 is 24.2 Å². The molecule has 0 heterocycles. The highest BCUT2D eigenvalue weighted by atomic mass is 31.2. The Labute approximate surface area is 364 Å². The van der Waals surface area contributed by atoms with Gasteiger partial charge in [-0.1, -0.05) is 165 Å². The van der Waals surface area contributed by atoms with Crippen molar-refractivity contribution in [1.82, 2.24) is 0 Å². The molecule has 0 aromatic carbocycles. The van der Waals surface area contributed by atoms with Crippen LogP contribution in [0.3, 0.4) is 0 Å². The number of esters is 3. The van der Waals surface area contributed by atoms with E-state index in [4.69, 9.17) is 23.3 Å². The molecule has 12 heteroatoms. The molecule has 60 heavy (non-hydrogen) atoms. The Morgan fingerprint density at radius 3 is 1.45 bits per heavy atom. The molecule has 3 atom stereocenters. The van der Waals surface area contributed by atoms with Crippen LogP contribution in [0.2, 0.25) is 0 Å². The molecule has 0 aliphatic carbocycles. The highest BCUT2D eigenvalue weighted by Gasteiger charge is 2.28. The van der Waals surface area contributed by atoms with E-state index in [0.717, 1.165) is 83.5 Å². The Morgan fingerprint density at radius 1 is 0.483 bits per heavy atom. The number of phosphoric acid groups is 1. The standard InChI is InChI=1S/C48H83O11P/c1-4-7-10-13-16-19-21-22-24-26-28-31-34-37-46(50)55-41-45(59-48(52)39-36-33-30-27-23-20-17-14-11-8-5-2)43-57-60(53,54)56-42-44(40-49)58-47(51)38-35-32-29-25-18-15-12-9-6-3/h7,10,14,16-17,19,22,24,28,31,44-45,49H,4-6,8-9,11-13,15,18,20-21,23,25-27,29-30,32-43H2,1-3H3,(H,53,54)/b10-7-,17-14-,19-16-,24-22-,31-28-. The molecule has 0 fully saturated rings. The second kappa shape index (κ2) is 42.9. The summed E-state index contributed by atoms with van der Waals surface area (Å²) in [6.45, 7) is 4.33. The SMILES string of the molecule is CC/C=C\C/C=C\C/C=C\C/C=C\CCC(=O)OCC(COP(=O)(O)OCC(CO)OC(=O)CCCCCCCCCCC)OC(=O)CCCCCCC/C=C\CCCC. The molecule has 0 aliphatic heterocycles. The first-order valence-corrected chi connectivity index (χ1v) is 24.7. The van der Waals surface area contributed by atoms with Crippen LogP contribution < -0.4 is 0 Å². The summed E-state index contributed by atoms with van der Waals surface area (Å²) in [4.78, 5) is 47.9. The van der Waals surface area contributed by atoms with Crippen molar-refractivity contribution in [3.8, 4) is 0 Å². The first kappa shape index (κ1) is 57.2. The number of allylic oxidation sites excluding steroid dienone is 10. The number of carbonyl (C=O) groups excluding carboxylic acids is 3.